The molecule has 0 amide bonds. The Bertz CT molecular complexity index is 294. The first kappa shape index (κ1) is 14.7. The second kappa shape index (κ2) is 8.71. The molecule has 1 nitrogen and oxygen atoms in total. The van der Waals surface area contributed by atoms with E-state index in [1.165, 1.54) is 37.7 Å². The minimum Gasteiger partial charge on any atom is -0.310 e. The standard InChI is InChI=1S/C15H24BrN/c1-3-5-6-7-15(4-2)17-12-13-8-10-14(16)11-9-13/h8-11,15,17H,3-7,12H2,1-2H3. The van der Waals surface area contributed by atoms with E-state index in [4.69, 9.17) is 0 Å². The predicted octanol–water partition coefficient (Wildman–Crippen LogP) is 4.90. The lowest BCUT2D eigenvalue weighted by Crippen LogP contribution is -2.27. The van der Waals surface area contributed by atoms with Crippen molar-refractivity contribution in [2.45, 2.75) is 58.5 Å². The van der Waals surface area contributed by atoms with Gasteiger partial charge in [-0.2, -0.15) is 0 Å². The maximum Gasteiger partial charge on any atom is 0.0208 e. The molecule has 1 aromatic carbocycles. The van der Waals surface area contributed by atoms with E-state index in [1.807, 2.05) is 0 Å². The Kier molecular flexibility index (Phi) is 7.54. The molecule has 0 aliphatic carbocycles. The van der Waals surface area contributed by atoms with E-state index in [2.05, 4.69) is 59.4 Å². The SMILES string of the molecule is CCCCCC(CC)NCc1ccc(Br)cc1. The first-order valence-corrected chi connectivity index (χ1v) is 7.53. The van der Waals surface area contributed by atoms with Crippen LogP contribution in [0.25, 0.3) is 0 Å². The first-order valence-electron chi connectivity index (χ1n) is 6.74. The molecule has 17 heavy (non-hydrogen) atoms. The van der Waals surface area contributed by atoms with Gasteiger partial charge >= 0.3 is 0 Å². The lowest BCUT2D eigenvalue weighted by Gasteiger charge is -2.16. The van der Waals surface area contributed by atoms with Crippen LogP contribution in [0.2, 0.25) is 0 Å². The first-order chi connectivity index (χ1) is 8.26. The highest BCUT2D eigenvalue weighted by molar-refractivity contribution is 9.10. The molecule has 1 atom stereocenters. The summed E-state index contributed by atoms with van der Waals surface area (Å²) in [7, 11) is 0. The largest absolute Gasteiger partial charge is 0.310 e. The van der Waals surface area contributed by atoms with Gasteiger partial charge in [-0.15, -0.1) is 0 Å². The van der Waals surface area contributed by atoms with Crippen molar-refractivity contribution in [2.75, 3.05) is 0 Å². The predicted molar refractivity (Wildman–Crippen MR) is 79.2 cm³/mol. The highest BCUT2D eigenvalue weighted by atomic mass is 79.9. The molecule has 0 aliphatic heterocycles. The average Bonchev–Trinajstić information content (AvgIpc) is 2.35. The second-order valence-electron chi connectivity index (χ2n) is 4.61. The highest BCUT2D eigenvalue weighted by Crippen LogP contribution is 2.11. The summed E-state index contributed by atoms with van der Waals surface area (Å²) in [6.45, 7) is 5.51. The van der Waals surface area contributed by atoms with Gasteiger partial charge in [0.2, 0.25) is 0 Å². The summed E-state index contributed by atoms with van der Waals surface area (Å²) < 4.78 is 1.15. The van der Waals surface area contributed by atoms with Crippen molar-refractivity contribution in [3.63, 3.8) is 0 Å². The van der Waals surface area contributed by atoms with Crippen LogP contribution in [0.15, 0.2) is 28.7 Å². The van der Waals surface area contributed by atoms with E-state index in [9.17, 15) is 0 Å². The fraction of sp³-hybridized carbons (Fsp3) is 0.600. The minimum absolute atomic E-state index is 0.671. The molecule has 1 N–H and O–H groups in total. The molecule has 0 aliphatic rings. The fourth-order valence-corrected chi connectivity index (χ4v) is 2.22. The number of benzene rings is 1. The van der Waals surface area contributed by atoms with Crippen LogP contribution in [0.5, 0.6) is 0 Å². The van der Waals surface area contributed by atoms with Gasteiger partial charge in [-0.3, -0.25) is 0 Å². The van der Waals surface area contributed by atoms with Gasteiger partial charge in [0.15, 0.2) is 0 Å². The molecule has 0 spiro atoms. The molecule has 0 heterocycles. The smallest absolute Gasteiger partial charge is 0.0208 e. The van der Waals surface area contributed by atoms with Crippen molar-refractivity contribution in [1.29, 1.82) is 0 Å². The van der Waals surface area contributed by atoms with E-state index in [-0.39, 0.29) is 0 Å². The molecule has 0 fully saturated rings. The summed E-state index contributed by atoms with van der Waals surface area (Å²) >= 11 is 3.46. The maximum absolute atomic E-state index is 3.65. The Hall–Kier alpha value is -0.340. The number of hydrogen-bond donors (Lipinski definition) is 1. The molecule has 0 saturated heterocycles. The van der Waals surface area contributed by atoms with Gasteiger partial charge in [0, 0.05) is 17.1 Å². The molecule has 96 valence electrons. The summed E-state index contributed by atoms with van der Waals surface area (Å²) in [5, 5.41) is 3.65. The summed E-state index contributed by atoms with van der Waals surface area (Å²) in [5.41, 5.74) is 1.36. The van der Waals surface area contributed by atoms with Gasteiger partial charge < -0.3 is 5.32 Å². The van der Waals surface area contributed by atoms with Crippen LogP contribution in [0.1, 0.15) is 51.5 Å². The van der Waals surface area contributed by atoms with Crippen LogP contribution < -0.4 is 5.32 Å². The summed E-state index contributed by atoms with van der Waals surface area (Å²) in [5.74, 6) is 0. The quantitative estimate of drug-likeness (QED) is 0.673. The van der Waals surface area contributed by atoms with E-state index in [0.717, 1.165) is 11.0 Å². The molecule has 0 radical (unpaired) electrons. The summed E-state index contributed by atoms with van der Waals surface area (Å²) in [6, 6.07) is 9.24. The fourth-order valence-electron chi connectivity index (χ4n) is 1.96. The zero-order valence-electron chi connectivity index (χ0n) is 11.0. The van der Waals surface area contributed by atoms with Crippen LogP contribution in [-0.2, 0) is 6.54 Å². The van der Waals surface area contributed by atoms with Gasteiger partial charge in [-0.25, -0.2) is 0 Å². The molecule has 0 saturated carbocycles. The summed E-state index contributed by atoms with van der Waals surface area (Å²) in [6.07, 6.45) is 6.54. The Morgan fingerprint density at radius 1 is 1.12 bits per heavy atom. The third-order valence-corrected chi connectivity index (χ3v) is 3.69. The third kappa shape index (κ3) is 6.23. The molecule has 1 aromatic rings. The van der Waals surface area contributed by atoms with E-state index >= 15 is 0 Å². The normalized spacial score (nSPS) is 12.6. The Balaban J connectivity index is 2.29. The Morgan fingerprint density at radius 3 is 2.41 bits per heavy atom. The number of hydrogen-bond acceptors (Lipinski definition) is 1. The summed E-state index contributed by atoms with van der Waals surface area (Å²) in [4.78, 5) is 0. The van der Waals surface area contributed by atoms with E-state index in [0.29, 0.717) is 6.04 Å². The molecule has 0 aromatic heterocycles. The monoisotopic (exact) mass is 297 g/mol. The number of unbranched alkanes of at least 4 members (excludes halogenated alkanes) is 2. The Labute approximate surface area is 114 Å². The van der Waals surface area contributed by atoms with Gasteiger partial charge in [0.05, 0.1) is 0 Å². The number of nitrogens with one attached hydrogen (secondary N) is 1. The zero-order chi connectivity index (χ0) is 12.5. The van der Waals surface area contributed by atoms with Gasteiger partial charge in [0.1, 0.15) is 0 Å². The van der Waals surface area contributed by atoms with Crippen molar-refractivity contribution in [3.8, 4) is 0 Å². The highest BCUT2D eigenvalue weighted by Gasteiger charge is 2.04. The maximum atomic E-state index is 3.65. The van der Waals surface area contributed by atoms with Gasteiger partial charge in [-0.1, -0.05) is 61.2 Å². The van der Waals surface area contributed by atoms with Crippen LogP contribution >= 0.6 is 15.9 Å². The lowest BCUT2D eigenvalue weighted by atomic mass is 10.1. The minimum atomic E-state index is 0.671. The number of rotatable bonds is 8. The van der Waals surface area contributed by atoms with Crippen molar-refractivity contribution in [2.24, 2.45) is 0 Å². The Morgan fingerprint density at radius 2 is 1.82 bits per heavy atom. The molecule has 2 heteroatoms. The van der Waals surface area contributed by atoms with Crippen LogP contribution in [0, 0.1) is 0 Å². The van der Waals surface area contributed by atoms with Crippen molar-refractivity contribution in [1.82, 2.24) is 5.32 Å². The van der Waals surface area contributed by atoms with Crippen molar-refractivity contribution >= 4 is 15.9 Å². The topological polar surface area (TPSA) is 12.0 Å². The molecular weight excluding hydrogens is 274 g/mol. The van der Waals surface area contributed by atoms with Gasteiger partial charge in [-0.05, 0) is 30.5 Å². The van der Waals surface area contributed by atoms with Crippen LogP contribution in [0.3, 0.4) is 0 Å². The molecule has 0 bridgehead atoms. The third-order valence-electron chi connectivity index (χ3n) is 3.16. The van der Waals surface area contributed by atoms with E-state index in [1.54, 1.807) is 0 Å². The van der Waals surface area contributed by atoms with Crippen LogP contribution in [0.4, 0.5) is 0 Å². The van der Waals surface area contributed by atoms with Gasteiger partial charge in [0.25, 0.3) is 0 Å². The van der Waals surface area contributed by atoms with Crippen molar-refractivity contribution in [3.05, 3.63) is 34.3 Å². The van der Waals surface area contributed by atoms with Crippen molar-refractivity contribution < 1.29 is 0 Å². The molecule has 1 rings (SSSR count). The number of halogens is 1. The van der Waals surface area contributed by atoms with Crippen LogP contribution in [-0.4, -0.2) is 6.04 Å². The lowest BCUT2D eigenvalue weighted by molar-refractivity contribution is 0.446. The van der Waals surface area contributed by atoms with E-state index < -0.39 is 0 Å². The molecular formula is C15H24BrN. The average molecular weight is 298 g/mol. The second-order valence-corrected chi connectivity index (χ2v) is 5.52. The zero-order valence-corrected chi connectivity index (χ0v) is 12.6. The molecule has 1 unspecified atom stereocenters.